The third-order valence-corrected chi connectivity index (χ3v) is 12.2. The first-order valence-electron chi connectivity index (χ1n) is 26.7. The van der Waals surface area contributed by atoms with E-state index in [0.29, 0.717) is 24.1 Å². The van der Waals surface area contributed by atoms with E-state index in [2.05, 4.69) is 86.8 Å². The fourth-order valence-electron chi connectivity index (χ4n) is 7.16. The molecule has 9 heteroatoms. The predicted molar refractivity (Wildman–Crippen MR) is 277 cm³/mol. The van der Waals surface area contributed by atoms with E-state index in [1.807, 2.05) is 21.1 Å². The number of carbonyl (C=O) groups is 1. The Labute approximate surface area is 402 Å². The lowest BCUT2D eigenvalue weighted by Gasteiger charge is -2.28. The summed E-state index contributed by atoms with van der Waals surface area (Å²) in [6, 6.07) is 0. The van der Waals surface area contributed by atoms with E-state index >= 15 is 0 Å². The van der Waals surface area contributed by atoms with Gasteiger partial charge in [-0.3, -0.25) is 9.36 Å². The molecule has 0 aliphatic carbocycles. The number of phosphoric acid groups is 1. The minimum absolute atomic E-state index is 0.0216. The summed E-state index contributed by atoms with van der Waals surface area (Å²) in [5.41, 5.74) is 0. The van der Waals surface area contributed by atoms with Gasteiger partial charge in [-0.25, -0.2) is 0 Å². The number of ether oxygens (including phenoxy) is 2. The summed E-state index contributed by atoms with van der Waals surface area (Å²) < 4.78 is 34.8. The summed E-state index contributed by atoms with van der Waals surface area (Å²) in [7, 11) is 1.35. The highest BCUT2D eigenvalue weighted by Gasteiger charge is 2.20. The first-order valence-corrected chi connectivity index (χ1v) is 28.1. The van der Waals surface area contributed by atoms with Crippen molar-refractivity contribution in [1.29, 1.82) is 0 Å². The zero-order chi connectivity index (χ0) is 47.6. The molecule has 2 atom stereocenters. The van der Waals surface area contributed by atoms with Crippen LogP contribution in [0.15, 0.2) is 72.9 Å². The summed E-state index contributed by atoms with van der Waals surface area (Å²) in [6.07, 6.45) is 63.5. The lowest BCUT2D eigenvalue weighted by atomic mass is 10.1. The summed E-state index contributed by atoms with van der Waals surface area (Å²) in [6.45, 7) is 5.29. The van der Waals surface area contributed by atoms with Gasteiger partial charge < -0.3 is 27.9 Å². The molecule has 0 aromatic heterocycles. The monoisotopic (exact) mass is 932 g/mol. The minimum Gasteiger partial charge on any atom is -0.756 e. The van der Waals surface area contributed by atoms with E-state index in [9.17, 15) is 14.3 Å². The molecule has 0 saturated carbocycles. The van der Waals surface area contributed by atoms with Gasteiger partial charge in [-0.05, 0) is 83.5 Å². The number of nitrogens with zero attached hydrogens (tertiary/aromatic N) is 1. The molecule has 378 valence electrons. The van der Waals surface area contributed by atoms with E-state index in [1.165, 1.54) is 128 Å². The lowest BCUT2D eigenvalue weighted by Crippen LogP contribution is -2.37. The Morgan fingerprint density at radius 3 is 1.35 bits per heavy atom. The molecule has 0 aliphatic rings. The molecule has 0 bridgehead atoms. The van der Waals surface area contributed by atoms with E-state index in [-0.39, 0.29) is 25.8 Å². The Morgan fingerprint density at radius 1 is 0.492 bits per heavy atom. The molecular formula is C56H102NO7P. The van der Waals surface area contributed by atoms with Gasteiger partial charge >= 0.3 is 5.97 Å². The van der Waals surface area contributed by atoms with Crippen molar-refractivity contribution >= 4 is 13.8 Å². The van der Waals surface area contributed by atoms with Crippen molar-refractivity contribution in [2.75, 3.05) is 54.1 Å². The van der Waals surface area contributed by atoms with E-state index < -0.39 is 13.9 Å². The average molecular weight is 932 g/mol. The van der Waals surface area contributed by atoms with Crippen molar-refractivity contribution in [3.63, 3.8) is 0 Å². The first-order chi connectivity index (χ1) is 31.6. The smallest absolute Gasteiger partial charge is 0.306 e. The molecule has 65 heavy (non-hydrogen) atoms. The molecule has 0 saturated heterocycles. The highest BCUT2D eigenvalue weighted by molar-refractivity contribution is 7.45. The highest BCUT2D eigenvalue weighted by atomic mass is 31.2. The number of hydrogen-bond acceptors (Lipinski definition) is 7. The van der Waals surface area contributed by atoms with E-state index in [0.717, 1.165) is 70.6 Å². The predicted octanol–water partition coefficient (Wildman–Crippen LogP) is 16.0. The third kappa shape index (κ3) is 52.8. The van der Waals surface area contributed by atoms with Gasteiger partial charge in [0.1, 0.15) is 19.3 Å². The molecule has 0 fully saturated rings. The van der Waals surface area contributed by atoms with Crippen LogP contribution in [0.5, 0.6) is 0 Å². The van der Waals surface area contributed by atoms with Gasteiger partial charge in [0.2, 0.25) is 0 Å². The minimum atomic E-state index is -4.54. The number of phosphoric ester groups is 1. The number of allylic oxidation sites excluding steroid dienone is 12. The molecule has 0 spiro atoms. The molecule has 0 aliphatic heterocycles. The number of hydrogen-bond donors (Lipinski definition) is 0. The van der Waals surface area contributed by atoms with Crippen LogP contribution in [0.1, 0.15) is 219 Å². The van der Waals surface area contributed by atoms with Crippen LogP contribution in [-0.2, 0) is 27.9 Å². The summed E-state index contributed by atoms with van der Waals surface area (Å²) in [5, 5.41) is 0. The molecular weight excluding hydrogens is 830 g/mol. The topological polar surface area (TPSA) is 94.1 Å². The molecule has 2 unspecified atom stereocenters. The number of likely N-dealkylation sites (N-methyl/N-ethyl adjacent to an activating group) is 1. The Bertz CT molecular complexity index is 1270. The second-order valence-electron chi connectivity index (χ2n) is 18.9. The van der Waals surface area contributed by atoms with Gasteiger partial charge in [0.15, 0.2) is 0 Å². The summed E-state index contributed by atoms with van der Waals surface area (Å²) in [4.78, 5) is 25.2. The van der Waals surface area contributed by atoms with E-state index in [4.69, 9.17) is 18.5 Å². The maximum atomic E-state index is 12.8. The van der Waals surface area contributed by atoms with Crippen molar-refractivity contribution in [2.45, 2.75) is 225 Å². The van der Waals surface area contributed by atoms with Crippen LogP contribution in [0.4, 0.5) is 0 Å². The van der Waals surface area contributed by atoms with Crippen LogP contribution in [0.2, 0.25) is 0 Å². The van der Waals surface area contributed by atoms with Crippen molar-refractivity contribution < 1.29 is 37.3 Å². The second kappa shape index (κ2) is 48.4. The van der Waals surface area contributed by atoms with Crippen molar-refractivity contribution in [2.24, 2.45) is 0 Å². The molecule has 8 nitrogen and oxygen atoms in total. The van der Waals surface area contributed by atoms with Gasteiger partial charge in [0, 0.05) is 13.0 Å². The summed E-state index contributed by atoms with van der Waals surface area (Å²) >= 11 is 0. The van der Waals surface area contributed by atoms with Crippen LogP contribution >= 0.6 is 7.82 Å². The zero-order valence-corrected chi connectivity index (χ0v) is 43.8. The molecule has 0 aromatic carbocycles. The standard InChI is InChI=1S/C56H102NO7P/c1-6-8-10-12-14-16-18-20-22-24-26-27-28-29-30-31-32-33-35-37-39-41-43-45-47-49-56(58)64-55(54-63-65(59,60)62-52-50-57(3,4)5)53-61-51-48-46-44-42-40-38-36-34-25-23-21-19-17-15-13-11-9-7-2/h8,10,14,16,20-23,26-27,29-30,55H,6-7,9,11-13,15,17-19,24-25,28,31-54H2,1-5H3/b10-8-,16-14-,22-20-,23-21-,27-26-,30-29-. The highest BCUT2D eigenvalue weighted by Crippen LogP contribution is 2.38. The average Bonchev–Trinajstić information content (AvgIpc) is 3.27. The number of carbonyl (C=O) groups excluding carboxylic acids is 1. The van der Waals surface area contributed by atoms with Gasteiger partial charge in [0.25, 0.3) is 7.82 Å². The lowest BCUT2D eigenvalue weighted by molar-refractivity contribution is -0.870. The molecule has 0 heterocycles. The zero-order valence-electron chi connectivity index (χ0n) is 42.9. The van der Waals surface area contributed by atoms with Crippen LogP contribution in [-0.4, -0.2) is 70.7 Å². The molecule has 0 N–H and O–H groups in total. The largest absolute Gasteiger partial charge is 0.756 e. The number of rotatable bonds is 49. The third-order valence-electron chi connectivity index (χ3n) is 11.2. The Kier molecular flexibility index (Phi) is 46.9. The Hall–Kier alpha value is -2.06. The van der Waals surface area contributed by atoms with Crippen molar-refractivity contribution in [1.82, 2.24) is 0 Å². The van der Waals surface area contributed by atoms with Gasteiger partial charge in [-0.2, -0.15) is 0 Å². The van der Waals surface area contributed by atoms with Crippen molar-refractivity contribution in [3.05, 3.63) is 72.9 Å². The van der Waals surface area contributed by atoms with Crippen LogP contribution in [0.3, 0.4) is 0 Å². The van der Waals surface area contributed by atoms with E-state index in [1.54, 1.807) is 0 Å². The number of esters is 1. The second-order valence-corrected chi connectivity index (χ2v) is 20.3. The van der Waals surface area contributed by atoms with Gasteiger partial charge in [-0.15, -0.1) is 0 Å². The maximum Gasteiger partial charge on any atom is 0.306 e. The fraction of sp³-hybridized carbons (Fsp3) is 0.768. The van der Waals surface area contributed by atoms with Crippen LogP contribution in [0.25, 0.3) is 0 Å². The van der Waals surface area contributed by atoms with Crippen LogP contribution < -0.4 is 4.89 Å². The first kappa shape index (κ1) is 62.9. The number of quaternary nitrogens is 1. The van der Waals surface area contributed by atoms with Gasteiger partial charge in [0.05, 0.1) is 34.4 Å². The summed E-state index contributed by atoms with van der Waals surface area (Å²) in [5.74, 6) is -0.342. The molecule has 0 rings (SSSR count). The maximum absolute atomic E-state index is 12.8. The molecule has 0 radical (unpaired) electrons. The number of unbranched alkanes of at least 4 members (excludes halogenated alkanes) is 23. The fourth-order valence-corrected chi connectivity index (χ4v) is 7.89. The van der Waals surface area contributed by atoms with Crippen molar-refractivity contribution in [3.8, 4) is 0 Å². The van der Waals surface area contributed by atoms with Crippen LogP contribution in [0, 0.1) is 0 Å². The molecule has 0 aromatic rings. The Morgan fingerprint density at radius 2 is 0.892 bits per heavy atom. The Balaban J connectivity index is 4.14. The normalized spacial score (nSPS) is 14.1. The van der Waals surface area contributed by atoms with Gasteiger partial charge in [-0.1, -0.05) is 202 Å². The quantitative estimate of drug-likeness (QED) is 0.0197. The SMILES string of the molecule is CC/C=C\C/C=C\C/C=C\C/C=C\C/C=C\CCCCCCCCCCCC(=O)OC(COCCCCCCCCCC/C=C\CCCCCCCC)COP(=O)([O-])OCC[N+](C)(C)C. The molecule has 0 amide bonds.